The van der Waals surface area contributed by atoms with Crippen LogP contribution in [-0.4, -0.2) is 5.91 Å². The molecule has 0 radical (unpaired) electrons. The zero-order valence-electron chi connectivity index (χ0n) is 14.5. The van der Waals surface area contributed by atoms with Gasteiger partial charge in [0.1, 0.15) is 0 Å². The van der Waals surface area contributed by atoms with Gasteiger partial charge in [-0.05, 0) is 49.2 Å². The molecule has 0 spiro atoms. The van der Waals surface area contributed by atoms with Crippen molar-refractivity contribution >= 4 is 17.3 Å². The van der Waals surface area contributed by atoms with Crippen molar-refractivity contribution in [1.29, 1.82) is 0 Å². The highest BCUT2D eigenvalue weighted by Gasteiger charge is 2.07. The maximum atomic E-state index is 12.3. The molecular formula is C22H22N2O. The number of benzene rings is 3. The van der Waals surface area contributed by atoms with Crippen LogP contribution in [0.1, 0.15) is 27.0 Å². The molecule has 1 amide bonds. The first-order valence-corrected chi connectivity index (χ1v) is 8.38. The average Bonchev–Trinajstić information content (AvgIpc) is 2.63. The number of hydrogen-bond donors (Lipinski definition) is 2. The quantitative estimate of drug-likeness (QED) is 0.678. The van der Waals surface area contributed by atoms with E-state index >= 15 is 0 Å². The smallest absolute Gasteiger partial charge is 0.255 e. The third-order valence-corrected chi connectivity index (χ3v) is 4.10. The van der Waals surface area contributed by atoms with Gasteiger partial charge in [0.05, 0.1) is 0 Å². The van der Waals surface area contributed by atoms with Gasteiger partial charge in [0, 0.05) is 23.5 Å². The van der Waals surface area contributed by atoms with Gasteiger partial charge in [-0.3, -0.25) is 4.79 Å². The molecule has 2 N–H and O–H groups in total. The maximum absolute atomic E-state index is 12.3. The summed E-state index contributed by atoms with van der Waals surface area (Å²) < 4.78 is 0. The Morgan fingerprint density at radius 1 is 0.880 bits per heavy atom. The second kappa shape index (κ2) is 7.67. The minimum Gasteiger partial charge on any atom is -0.381 e. The van der Waals surface area contributed by atoms with Gasteiger partial charge in [-0.1, -0.05) is 54.1 Å². The summed E-state index contributed by atoms with van der Waals surface area (Å²) in [6.45, 7) is 4.90. The zero-order valence-corrected chi connectivity index (χ0v) is 14.5. The fourth-order valence-electron chi connectivity index (χ4n) is 2.70. The van der Waals surface area contributed by atoms with Crippen molar-refractivity contribution in [3.8, 4) is 0 Å². The molecule has 0 fully saturated rings. The summed E-state index contributed by atoms with van der Waals surface area (Å²) in [5.74, 6) is -0.103. The Kier molecular flexibility index (Phi) is 5.14. The summed E-state index contributed by atoms with van der Waals surface area (Å²) in [6.07, 6.45) is 0. The molecule has 3 nitrogen and oxygen atoms in total. The number of carbonyl (C=O) groups is 1. The van der Waals surface area contributed by atoms with Gasteiger partial charge in [0.25, 0.3) is 5.91 Å². The molecule has 0 saturated heterocycles. The van der Waals surface area contributed by atoms with Crippen LogP contribution in [0, 0.1) is 13.8 Å². The Labute approximate surface area is 148 Å². The summed E-state index contributed by atoms with van der Waals surface area (Å²) in [5.41, 5.74) is 6.08. The molecule has 0 aliphatic heterocycles. The first-order valence-electron chi connectivity index (χ1n) is 8.38. The van der Waals surface area contributed by atoms with E-state index in [9.17, 15) is 4.79 Å². The summed E-state index contributed by atoms with van der Waals surface area (Å²) in [4.78, 5) is 12.3. The Bertz CT molecular complexity index is 872. The molecule has 0 saturated carbocycles. The van der Waals surface area contributed by atoms with Crippen LogP contribution in [0.25, 0.3) is 0 Å². The first kappa shape index (κ1) is 16.8. The molecule has 3 aromatic rings. The van der Waals surface area contributed by atoms with E-state index < -0.39 is 0 Å². The van der Waals surface area contributed by atoms with E-state index in [4.69, 9.17) is 0 Å². The van der Waals surface area contributed by atoms with Crippen LogP contribution in [-0.2, 0) is 6.54 Å². The van der Waals surface area contributed by atoms with Gasteiger partial charge in [0.15, 0.2) is 0 Å². The summed E-state index contributed by atoms with van der Waals surface area (Å²) in [5, 5.41) is 6.41. The van der Waals surface area contributed by atoms with Crippen LogP contribution in [0.15, 0.2) is 72.8 Å². The van der Waals surface area contributed by atoms with Gasteiger partial charge < -0.3 is 10.6 Å². The SMILES string of the molecule is Cc1cccc(CNc2cc(NC(=O)c3ccccc3)ccc2C)c1. The van der Waals surface area contributed by atoms with Crippen LogP contribution in [0.3, 0.4) is 0 Å². The lowest BCUT2D eigenvalue weighted by atomic mass is 10.1. The number of carbonyl (C=O) groups excluding carboxylic acids is 1. The third kappa shape index (κ3) is 4.48. The van der Waals surface area contributed by atoms with Crippen molar-refractivity contribution in [1.82, 2.24) is 0 Å². The van der Waals surface area contributed by atoms with E-state index in [1.165, 1.54) is 11.1 Å². The normalized spacial score (nSPS) is 10.3. The Morgan fingerprint density at radius 3 is 2.44 bits per heavy atom. The number of amides is 1. The predicted molar refractivity (Wildman–Crippen MR) is 104 cm³/mol. The highest BCUT2D eigenvalue weighted by molar-refractivity contribution is 6.04. The Morgan fingerprint density at radius 2 is 1.68 bits per heavy atom. The largest absolute Gasteiger partial charge is 0.381 e. The molecule has 0 bridgehead atoms. The van der Waals surface area contributed by atoms with Crippen molar-refractivity contribution in [3.63, 3.8) is 0 Å². The monoisotopic (exact) mass is 330 g/mol. The molecule has 0 heterocycles. The van der Waals surface area contributed by atoms with E-state index in [0.717, 1.165) is 23.5 Å². The summed E-state index contributed by atoms with van der Waals surface area (Å²) >= 11 is 0. The standard InChI is InChI=1S/C22H22N2O/c1-16-7-6-8-18(13-16)15-23-21-14-20(12-11-17(21)2)24-22(25)19-9-4-3-5-10-19/h3-14,23H,15H2,1-2H3,(H,24,25). The fraction of sp³-hybridized carbons (Fsp3) is 0.136. The molecule has 0 aromatic heterocycles. The van der Waals surface area contributed by atoms with Crippen molar-refractivity contribution in [2.24, 2.45) is 0 Å². The highest BCUT2D eigenvalue weighted by atomic mass is 16.1. The number of rotatable bonds is 5. The van der Waals surface area contributed by atoms with Crippen LogP contribution in [0.4, 0.5) is 11.4 Å². The van der Waals surface area contributed by atoms with E-state index in [1.54, 1.807) is 12.1 Å². The minimum absolute atomic E-state index is 0.103. The van der Waals surface area contributed by atoms with Crippen molar-refractivity contribution in [3.05, 3.63) is 95.1 Å². The molecule has 3 aromatic carbocycles. The number of nitrogens with one attached hydrogen (secondary N) is 2. The van der Waals surface area contributed by atoms with Crippen LogP contribution < -0.4 is 10.6 Å². The predicted octanol–water partition coefficient (Wildman–Crippen LogP) is 5.17. The van der Waals surface area contributed by atoms with E-state index in [-0.39, 0.29) is 5.91 Å². The van der Waals surface area contributed by atoms with Crippen LogP contribution >= 0.6 is 0 Å². The lowest BCUT2D eigenvalue weighted by Crippen LogP contribution is -2.12. The van der Waals surface area contributed by atoms with Crippen molar-refractivity contribution in [2.45, 2.75) is 20.4 Å². The molecule has 126 valence electrons. The number of hydrogen-bond acceptors (Lipinski definition) is 2. The molecule has 0 atom stereocenters. The van der Waals surface area contributed by atoms with Crippen molar-refractivity contribution in [2.75, 3.05) is 10.6 Å². The number of aryl methyl sites for hydroxylation is 2. The average molecular weight is 330 g/mol. The second-order valence-electron chi connectivity index (χ2n) is 6.19. The molecule has 3 heteroatoms. The summed E-state index contributed by atoms with van der Waals surface area (Å²) in [7, 11) is 0. The molecule has 25 heavy (non-hydrogen) atoms. The van der Waals surface area contributed by atoms with Gasteiger partial charge in [0.2, 0.25) is 0 Å². The van der Waals surface area contributed by atoms with E-state index in [0.29, 0.717) is 5.56 Å². The molecule has 0 aliphatic rings. The molecular weight excluding hydrogens is 308 g/mol. The zero-order chi connectivity index (χ0) is 17.6. The minimum atomic E-state index is -0.103. The highest BCUT2D eigenvalue weighted by Crippen LogP contribution is 2.22. The van der Waals surface area contributed by atoms with E-state index in [2.05, 4.69) is 48.7 Å². The Hall–Kier alpha value is -3.07. The van der Waals surface area contributed by atoms with Gasteiger partial charge in [-0.2, -0.15) is 0 Å². The molecule has 3 rings (SSSR count). The van der Waals surface area contributed by atoms with Gasteiger partial charge in [-0.15, -0.1) is 0 Å². The lowest BCUT2D eigenvalue weighted by Gasteiger charge is -2.13. The Balaban J connectivity index is 1.71. The molecule has 0 aliphatic carbocycles. The maximum Gasteiger partial charge on any atom is 0.255 e. The van der Waals surface area contributed by atoms with Crippen LogP contribution in [0.2, 0.25) is 0 Å². The summed E-state index contributed by atoms with van der Waals surface area (Å²) in [6, 6.07) is 23.6. The van der Waals surface area contributed by atoms with Crippen LogP contribution in [0.5, 0.6) is 0 Å². The van der Waals surface area contributed by atoms with Gasteiger partial charge >= 0.3 is 0 Å². The topological polar surface area (TPSA) is 41.1 Å². The number of anilines is 2. The first-order chi connectivity index (χ1) is 12.1. The van der Waals surface area contributed by atoms with Crippen molar-refractivity contribution < 1.29 is 4.79 Å². The second-order valence-corrected chi connectivity index (χ2v) is 6.19. The molecule has 0 unspecified atom stereocenters. The van der Waals surface area contributed by atoms with E-state index in [1.807, 2.05) is 36.4 Å². The third-order valence-electron chi connectivity index (χ3n) is 4.10. The fourth-order valence-corrected chi connectivity index (χ4v) is 2.70. The lowest BCUT2D eigenvalue weighted by molar-refractivity contribution is 0.102. The van der Waals surface area contributed by atoms with Gasteiger partial charge in [-0.25, -0.2) is 0 Å².